The minimum atomic E-state index is 0.353. The summed E-state index contributed by atoms with van der Waals surface area (Å²) in [5.74, 6) is 3.65. The third-order valence-corrected chi connectivity index (χ3v) is 10.9. The van der Waals surface area contributed by atoms with Gasteiger partial charge in [0.25, 0.3) is 0 Å². The fraction of sp³-hybridized carbons (Fsp3) is 0.633. The molecule has 0 amide bonds. The van der Waals surface area contributed by atoms with Crippen LogP contribution in [-0.2, 0) is 0 Å². The number of fused-ring (bicyclic) bond motifs is 6. The van der Waals surface area contributed by atoms with Crippen LogP contribution in [-0.4, -0.2) is 30.0 Å². The molecule has 3 fully saturated rings. The largest absolute Gasteiger partial charge is 0.306 e. The van der Waals surface area contributed by atoms with Gasteiger partial charge in [-0.2, -0.15) is 0 Å². The van der Waals surface area contributed by atoms with Crippen LogP contribution in [0.1, 0.15) is 70.8 Å². The van der Waals surface area contributed by atoms with Crippen molar-refractivity contribution >= 4 is 16.3 Å². The lowest BCUT2D eigenvalue weighted by molar-refractivity contribution is -0.106. The van der Waals surface area contributed by atoms with Gasteiger partial charge in [-0.15, -0.1) is 0 Å². The number of aromatic nitrogens is 1. The van der Waals surface area contributed by atoms with Gasteiger partial charge in [0.15, 0.2) is 0 Å². The highest BCUT2D eigenvalue weighted by Crippen LogP contribution is 2.67. The van der Waals surface area contributed by atoms with E-state index in [0.717, 1.165) is 29.7 Å². The predicted octanol–water partition coefficient (Wildman–Crippen LogP) is 7.20. The molecule has 1 aromatic heterocycles. The highest BCUT2D eigenvalue weighted by Gasteiger charge is 2.58. The van der Waals surface area contributed by atoms with Crippen molar-refractivity contribution in [1.82, 2.24) is 9.88 Å². The van der Waals surface area contributed by atoms with Crippen LogP contribution in [0, 0.1) is 34.5 Å². The van der Waals surface area contributed by atoms with Crippen molar-refractivity contribution in [3.05, 3.63) is 48.3 Å². The van der Waals surface area contributed by atoms with Crippen LogP contribution in [0.15, 0.2) is 42.7 Å². The highest BCUT2D eigenvalue weighted by atomic mass is 15.1. The zero-order valence-corrected chi connectivity index (χ0v) is 20.5. The Bertz CT molecular complexity index is 1050. The van der Waals surface area contributed by atoms with Gasteiger partial charge in [0.2, 0.25) is 0 Å². The van der Waals surface area contributed by atoms with Crippen molar-refractivity contribution in [3.63, 3.8) is 0 Å². The van der Waals surface area contributed by atoms with Gasteiger partial charge in [-0.1, -0.05) is 32.1 Å². The fourth-order valence-electron chi connectivity index (χ4n) is 8.97. The van der Waals surface area contributed by atoms with Crippen molar-refractivity contribution in [3.8, 4) is 0 Å². The third-order valence-electron chi connectivity index (χ3n) is 10.9. The Morgan fingerprint density at radius 2 is 1.81 bits per heavy atom. The van der Waals surface area contributed by atoms with Gasteiger partial charge in [0.05, 0.1) is 0 Å². The Morgan fingerprint density at radius 1 is 0.938 bits per heavy atom. The van der Waals surface area contributed by atoms with Gasteiger partial charge in [-0.3, -0.25) is 4.98 Å². The van der Waals surface area contributed by atoms with Gasteiger partial charge in [0.1, 0.15) is 0 Å². The van der Waals surface area contributed by atoms with Crippen molar-refractivity contribution in [1.29, 1.82) is 0 Å². The maximum absolute atomic E-state index is 4.30. The van der Waals surface area contributed by atoms with E-state index in [1.807, 2.05) is 12.4 Å². The molecular weight excluding hydrogens is 388 g/mol. The van der Waals surface area contributed by atoms with E-state index in [1.54, 1.807) is 5.57 Å². The van der Waals surface area contributed by atoms with E-state index >= 15 is 0 Å². The van der Waals surface area contributed by atoms with Crippen LogP contribution in [0.3, 0.4) is 0 Å². The first kappa shape index (κ1) is 20.9. The zero-order chi connectivity index (χ0) is 22.1. The Labute approximate surface area is 194 Å². The maximum Gasteiger partial charge on any atom is 0.0346 e. The van der Waals surface area contributed by atoms with E-state index in [0.29, 0.717) is 10.8 Å². The molecule has 170 valence electrons. The van der Waals surface area contributed by atoms with Gasteiger partial charge in [-0.25, -0.2) is 0 Å². The maximum atomic E-state index is 4.30. The van der Waals surface area contributed by atoms with E-state index in [-0.39, 0.29) is 0 Å². The summed E-state index contributed by atoms with van der Waals surface area (Å²) in [5.41, 5.74) is 4.03. The molecule has 0 spiro atoms. The molecule has 3 saturated carbocycles. The molecule has 4 aliphatic carbocycles. The fourth-order valence-corrected chi connectivity index (χ4v) is 8.97. The molecule has 4 aliphatic rings. The lowest BCUT2D eigenvalue weighted by atomic mass is 9.44. The number of hydrogen-bond acceptors (Lipinski definition) is 2. The molecule has 0 saturated heterocycles. The smallest absolute Gasteiger partial charge is 0.0346 e. The molecule has 2 nitrogen and oxygen atoms in total. The third kappa shape index (κ3) is 2.98. The zero-order valence-electron chi connectivity index (χ0n) is 20.5. The number of allylic oxidation sites excluding steroid dienone is 2. The number of nitrogens with zero attached hydrogens (tertiary/aromatic N) is 2. The first-order valence-corrected chi connectivity index (χ1v) is 13.1. The van der Waals surface area contributed by atoms with Gasteiger partial charge in [-0.05, 0) is 129 Å². The summed E-state index contributed by atoms with van der Waals surface area (Å²) in [7, 11) is 4.58. The topological polar surface area (TPSA) is 16.1 Å². The molecule has 0 N–H and O–H groups in total. The Balaban J connectivity index is 1.28. The second-order valence-electron chi connectivity index (χ2n) is 12.3. The average molecular weight is 429 g/mol. The Morgan fingerprint density at radius 3 is 2.66 bits per heavy atom. The lowest BCUT2D eigenvalue weighted by Gasteiger charge is -2.61. The van der Waals surface area contributed by atoms with Gasteiger partial charge in [0, 0.05) is 23.8 Å². The standard InChI is InChI=1S/C30H40N2/c1-29-14-11-24(32(3)4)18-23(29)7-8-25-27-10-9-26(30(27,2)15-12-28(25)29)21-5-6-22-19-31-16-13-20(22)17-21/h5-6,9,13,16-17,19,23-25,27-28H,7-8,10-12,14-15,18H2,1-4H3/t23-,24-,25-,27-,28-,29-,30+/m0/s1. The minimum Gasteiger partial charge on any atom is -0.306 e. The lowest BCUT2D eigenvalue weighted by Crippen LogP contribution is -2.54. The van der Waals surface area contributed by atoms with E-state index < -0.39 is 0 Å². The van der Waals surface area contributed by atoms with E-state index in [2.05, 4.69) is 68.2 Å². The molecule has 0 aliphatic heterocycles. The van der Waals surface area contributed by atoms with Crippen molar-refractivity contribution in [2.45, 2.75) is 71.3 Å². The van der Waals surface area contributed by atoms with Crippen LogP contribution in [0.25, 0.3) is 16.3 Å². The van der Waals surface area contributed by atoms with Crippen molar-refractivity contribution in [2.75, 3.05) is 14.1 Å². The van der Waals surface area contributed by atoms with Crippen molar-refractivity contribution in [2.24, 2.45) is 34.5 Å². The number of benzene rings is 1. The number of hydrogen-bond donors (Lipinski definition) is 0. The highest BCUT2D eigenvalue weighted by molar-refractivity contribution is 5.86. The summed E-state index contributed by atoms with van der Waals surface area (Å²) in [5, 5.41) is 2.57. The quantitative estimate of drug-likeness (QED) is 0.503. The van der Waals surface area contributed by atoms with Crippen LogP contribution < -0.4 is 0 Å². The Kier molecular flexibility index (Phi) is 4.85. The molecule has 2 heteroatoms. The summed E-state index contributed by atoms with van der Waals surface area (Å²) in [6.45, 7) is 5.31. The molecule has 7 atom stereocenters. The molecule has 32 heavy (non-hydrogen) atoms. The molecule has 2 aromatic rings. The molecule has 0 bridgehead atoms. The van der Waals surface area contributed by atoms with Crippen LogP contribution in [0.5, 0.6) is 0 Å². The summed E-state index contributed by atoms with van der Waals surface area (Å²) in [6, 6.07) is 10.0. The average Bonchev–Trinajstić information content (AvgIpc) is 3.15. The van der Waals surface area contributed by atoms with Crippen LogP contribution >= 0.6 is 0 Å². The summed E-state index contributed by atoms with van der Waals surface area (Å²) in [4.78, 5) is 6.80. The predicted molar refractivity (Wildman–Crippen MR) is 134 cm³/mol. The first-order valence-electron chi connectivity index (χ1n) is 13.1. The molecule has 0 unspecified atom stereocenters. The summed E-state index contributed by atoms with van der Waals surface area (Å²) < 4.78 is 0. The summed E-state index contributed by atoms with van der Waals surface area (Å²) >= 11 is 0. The second-order valence-corrected chi connectivity index (χ2v) is 12.3. The molecule has 1 heterocycles. The van der Waals surface area contributed by atoms with Crippen molar-refractivity contribution < 1.29 is 0 Å². The van der Waals surface area contributed by atoms with Crippen LogP contribution in [0.4, 0.5) is 0 Å². The number of rotatable bonds is 2. The van der Waals surface area contributed by atoms with Crippen LogP contribution in [0.2, 0.25) is 0 Å². The minimum absolute atomic E-state index is 0.353. The Hall–Kier alpha value is -1.67. The van der Waals surface area contributed by atoms with E-state index in [4.69, 9.17) is 0 Å². The molecular formula is C30H40N2. The molecule has 6 rings (SSSR count). The van der Waals surface area contributed by atoms with Gasteiger partial charge < -0.3 is 4.90 Å². The summed E-state index contributed by atoms with van der Waals surface area (Å²) in [6.07, 6.45) is 17.9. The molecule has 0 radical (unpaired) electrons. The normalized spacial score (nSPS) is 41.2. The van der Waals surface area contributed by atoms with E-state index in [1.165, 1.54) is 67.7 Å². The molecule has 1 aromatic carbocycles. The number of pyridine rings is 1. The van der Waals surface area contributed by atoms with E-state index in [9.17, 15) is 0 Å². The first-order chi connectivity index (χ1) is 15.4. The SMILES string of the molecule is CN(C)[C@H]1CC[C@@]2(C)[C@@H](CC[C@@H]3[C@@H]2CC[C@]2(C)C(c4ccc5cnccc5c4)=CC[C@@H]32)C1. The van der Waals surface area contributed by atoms with Gasteiger partial charge >= 0.3 is 0 Å². The second kappa shape index (κ2) is 7.42. The monoisotopic (exact) mass is 428 g/mol.